The largest absolute Gasteiger partial charge is 0.480 e. The second-order valence-corrected chi connectivity index (χ2v) is 3.10. The Morgan fingerprint density at radius 1 is 1.71 bits per heavy atom. The second-order valence-electron chi connectivity index (χ2n) is 2.35. The zero-order valence-corrected chi connectivity index (χ0v) is 10.2. The van der Waals surface area contributed by atoms with E-state index < -0.39 is 12.0 Å². The van der Waals surface area contributed by atoms with E-state index in [4.69, 9.17) is 10.8 Å². The first-order valence-corrected chi connectivity index (χ1v) is 4.06. The molecule has 0 aliphatic carbocycles. The Kier molecular flexibility index (Phi) is 8.13. The fourth-order valence-electron chi connectivity index (χ4n) is 0.760. The van der Waals surface area contributed by atoms with Gasteiger partial charge < -0.3 is 15.8 Å². The van der Waals surface area contributed by atoms with Gasteiger partial charge in [0.15, 0.2) is 4.73 Å². The third kappa shape index (κ3) is 4.80. The number of hydrogen-bond donors (Lipinski definition) is 3. The normalized spacial score (nSPS) is 11.0. The van der Waals surface area contributed by atoms with E-state index in [1.54, 1.807) is 6.20 Å². The third-order valence-corrected chi connectivity index (χ3v) is 1.76. The Morgan fingerprint density at radius 2 is 2.29 bits per heavy atom. The molecule has 1 unspecified atom stereocenters. The van der Waals surface area contributed by atoms with Crippen molar-refractivity contribution in [3.63, 3.8) is 0 Å². The van der Waals surface area contributed by atoms with Gasteiger partial charge in [0, 0.05) is 18.3 Å². The van der Waals surface area contributed by atoms with Crippen molar-refractivity contribution in [2.24, 2.45) is 5.73 Å². The maximum atomic E-state index is 10.3. The first kappa shape index (κ1) is 16.1. The molecule has 0 radical (unpaired) electrons. The number of aromatic nitrogens is 2. The molecule has 5 nitrogen and oxygen atoms in total. The predicted octanol–water partition coefficient (Wildman–Crippen LogP) is 0.970. The molecule has 0 bridgehead atoms. The van der Waals surface area contributed by atoms with Crippen LogP contribution in [0, 0.1) is 0 Å². The van der Waals surface area contributed by atoms with Crippen LogP contribution in [-0.4, -0.2) is 27.1 Å². The second kappa shape index (κ2) is 7.05. The molecule has 8 heteroatoms. The number of nitrogens with zero attached hydrogens (tertiary/aromatic N) is 1. The maximum absolute atomic E-state index is 10.3. The average Bonchev–Trinajstić information content (AvgIpc) is 2.35. The number of nitrogens with one attached hydrogen (secondary N) is 1. The summed E-state index contributed by atoms with van der Waals surface area (Å²) in [5.74, 6) is -1.01. The maximum Gasteiger partial charge on any atom is 0.320 e. The molecule has 0 aliphatic rings. The van der Waals surface area contributed by atoms with Crippen LogP contribution in [0.4, 0.5) is 0 Å². The van der Waals surface area contributed by atoms with E-state index in [0.717, 1.165) is 0 Å². The molecule has 1 aromatic rings. The van der Waals surface area contributed by atoms with Crippen LogP contribution in [-0.2, 0) is 11.2 Å². The SMILES string of the molecule is Cl.Cl.NC(Cc1cnc(Br)[nH]1)C(=O)O. The van der Waals surface area contributed by atoms with Crippen LogP contribution in [0.3, 0.4) is 0 Å². The van der Waals surface area contributed by atoms with Crippen molar-refractivity contribution in [2.75, 3.05) is 0 Å². The summed E-state index contributed by atoms with van der Waals surface area (Å²) in [6.45, 7) is 0. The first-order valence-electron chi connectivity index (χ1n) is 3.27. The van der Waals surface area contributed by atoms with E-state index in [9.17, 15) is 4.79 Å². The van der Waals surface area contributed by atoms with Crippen molar-refractivity contribution in [1.82, 2.24) is 9.97 Å². The number of carbonyl (C=O) groups is 1. The minimum Gasteiger partial charge on any atom is -0.480 e. The zero-order valence-electron chi connectivity index (χ0n) is 6.94. The minimum atomic E-state index is -1.01. The Balaban J connectivity index is 0. The molecule has 1 atom stereocenters. The molecular formula is C6H10BrCl2N3O2. The van der Waals surface area contributed by atoms with E-state index in [-0.39, 0.29) is 31.2 Å². The Labute approximate surface area is 101 Å². The van der Waals surface area contributed by atoms with E-state index in [0.29, 0.717) is 10.4 Å². The molecule has 1 heterocycles. The number of halogens is 3. The average molecular weight is 307 g/mol. The number of aromatic amines is 1. The molecule has 0 fully saturated rings. The molecule has 1 rings (SSSR count). The van der Waals surface area contributed by atoms with Crippen LogP contribution in [0.5, 0.6) is 0 Å². The van der Waals surface area contributed by atoms with E-state index in [1.165, 1.54) is 0 Å². The van der Waals surface area contributed by atoms with Gasteiger partial charge in [-0.15, -0.1) is 24.8 Å². The summed E-state index contributed by atoms with van der Waals surface area (Å²) < 4.78 is 0.579. The highest BCUT2D eigenvalue weighted by Gasteiger charge is 2.12. The van der Waals surface area contributed by atoms with Gasteiger partial charge in [-0.3, -0.25) is 4.79 Å². The molecule has 82 valence electrons. The fourth-order valence-corrected chi connectivity index (χ4v) is 1.12. The van der Waals surface area contributed by atoms with E-state index in [1.807, 2.05) is 0 Å². The van der Waals surface area contributed by atoms with Crippen LogP contribution >= 0.6 is 40.7 Å². The lowest BCUT2D eigenvalue weighted by atomic mass is 10.2. The van der Waals surface area contributed by atoms with Gasteiger partial charge in [0.1, 0.15) is 6.04 Å². The molecule has 0 amide bonds. The summed E-state index contributed by atoms with van der Waals surface area (Å²) >= 11 is 3.10. The third-order valence-electron chi connectivity index (χ3n) is 1.35. The van der Waals surface area contributed by atoms with Crippen molar-refractivity contribution in [1.29, 1.82) is 0 Å². The van der Waals surface area contributed by atoms with Crippen molar-refractivity contribution >= 4 is 46.7 Å². The number of rotatable bonds is 3. The molecule has 4 N–H and O–H groups in total. The molecule has 0 saturated heterocycles. The molecular weight excluding hydrogens is 297 g/mol. The highest BCUT2D eigenvalue weighted by atomic mass is 79.9. The van der Waals surface area contributed by atoms with Crippen molar-refractivity contribution in [3.8, 4) is 0 Å². The molecule has 0 aromatic carbocycles. The number of carboxylic acids is 1. The van der Waals surface area contributed by atoms with E-state index in [2.05, 4.69) is 25.9 Å². The van der Waals surface area contributed by atoms with Gasteiger partial charge >= 0.3 is 5.97 Å². The zero-order chi connectivity index (χ0) is 9.14. The van der Waals surface area contributed by atoms with Crippen LogP contribution in [0.1, 0.15) is 5.69 Å². The number of aliphatic carboxylic acids is 1. The van der Waals surface area contributed by atoms with Crippen LogP contribution < -0.4 is 5.73 Å². The Bertz CT molecular complexity index is 294. The fraction of sp³-hybridized carbons (Fsp3) is 0.333. The molecule has 1 aromatic heterocycles. The Hall–Kier alpha value is -0.300. The van der Waals surface area contributed by atoms with Crippen molar-refractivity contribution in [3.05, 3.63) is 16.6 Å². The lowest BCUT2D eigenvalue weighted by molar-refractivity contribution is -0.138. The van der Waals surface area contributed by atoms with Gasteiger partial charge in [0.2, 0.25) is 0 Å². The quantitative estimate of drug-likeness (QED) is 0.776. The lowest BCUT2D eigenvalue weighted by Gasteiger charge is -2.02. The summed E-state index contributed by atoms with van der Waals surface area (Å²) in [5.41, 5.74) is 6.00. The predicted molar refractivity (Wildman–Crippen MR) is 60.1 cm³/mol. The smallest absolute Gasteiger partial charge is 0.320 e. The number of nitrogens with two attached hydrogens (primary N) is 1. The molecule has 14 heavy (non-hydrogen) atoms. The molecule has 0 spiro atoms. The van der Waals surface area contributed by atoms with Gasteiger partial charge in [-0.05, 0) is 15.9 Å². The number of H-pyrrole nitrogens is 1. The molecule has 0 saturated carbocycles. The Morgan fingerprint density at radius 3 is 2.64 bits per heavy atom. The number of hydrogen-bond acceptors (Lipinski definition) is 3. The van der Waals surface area contributed by atoms with Gasteiger partial charge in [0.25, 0.3) is 0 Å². The van der Waals surface area contributed by atoms with Gasteiger partial charge in [0.05, 0.1) is 0 Å². The number of imidazole rings is 1. The molecule has 0 aliphatic heterocycles. The summed E-state index contributed by atoms with van der Waals surface area (Å²) in [6, 6.07) is -0.877. The topological polar surface area (TPSA) is 92.0 Å². The van der Waals surface area contributed by atoms with Gasteiger partial charge in [-0.1, -0.05) is 0 Å². The standard InChI is InChI=1S/C6H8BrN3O2.2ClH/c7-6-9-2-3(10-6)1-4(8)5(11)12;;/h2,4H,1,8H2,(H,9,10)(H,11,12);2*1H. The minimum absolute atomic E-state index is 0. The van der Waals surface area contributed by atoms with E-state index >= 15 is 0 Å². The van der Waals surface area contributed by atoms with Crippen LogP contribution in [0.2, 0.25) is 0 Å². The first-order chi connectivity index (χ1) is 5.59. The van der Waals surface area contributed by atoms with Crippen molar-refractivity contribution < 1.29 is 9.90 Å². The highest BCUT2D eigenvalue weighted by Crippen LogP contribution is 2.05. The monoisotopic (exact) mass is 305 g/mol. The highest BCUT2D eigenvalue weighted by molar-refractivity contribution is 9.10. The van der Waals surface area contributed by atoms with Gasteiger partial charge in [-0.25, -0.2) is 4.98 Å². The summed E-state index contributed by atoms with van der Waals surface area (Å²) in [4.78, 5) is 17.0. The lowest BCUT2D eigenvalue weighted by Crippen LogP contribution is -2.32. The van der Waals surface area contributed by atoms with Crippen molar-refractivity contribution in [2.45, 2.75) is 12.5 Å². The summed E-state index contributed by atoms with van der Waals surface area (Å²) in [6.07, 6.45) is 1.81. The van der Waals surface area contributed by atoms with Crippen LogP contribution in [0.15, 0.2) is 10.9 Å². The van der Waals surface area contributed by atoms with Crippen LogP contribution in [0.25, 0.3) is 0 Å². The number of carboxylic acid groups (broad SMARTS) is 1. The summed E-state index contributed by atoms with van der Waals surface area (Å²) in [5, 5.41) is 8.48. The van der Waals surface area contributed by atoms with Gasteiger partial charge in [-0.2, -0.15) is 0 Å². The summed E-state index contributed by atoms with van der Waals surface area (Å²) in [7, 11) is 0.